The maximum absolute atomic E-state index is 14.0. The normalized spacial score (nSPS) is 10.5. The number of halogens is 1. The Kier molecular flexibility index (Phi) is 6.45. The van der Waals surface area contributed by atoms with Gasteiger partial charge in [-0.25, -0.2) is 14.4 Å². The number of nitrogens with zero attached hydrogens (tertiary/aromatic N) is 2. The standard InChI is InChI=1S/C25H22FN5O2/c1-33-23-11-10-18(14-19(23)26)21-12-13-28-25(31-21)29-15-16-6-8-17(9-7-16)24(32)30-22-5-3-2-4-20(22)27/h2-14H,15,27H2,1H3,(H,30,32)(H,28,29,31). The summed E-state index contributed by atoms with van der Waals surface area (Å²) in [6, 6.07) is 20.6. The number of rotatable bonds is 7. The number of ether oxygens (including phenoxy) is 1. The third kappa shape index (κ3) is 5.24. The molecule has 4 aromatic rings. The van der Waals surface area contributed by atoms with Crippen LogP contribution in [0.2, 0.25) is 0 Å². The lowest BCUT2D eigenvalue weighted by molar-refractivity contribution is 0.102. The predicted octanol–water partition coefficient (Wildman–Crippen LogP) is 4.74. The van der Waals surface area contributed by atoms with Crippen LogP contribution >= 0.6 is 0 Å². The Labute approximate surface area is 190 Å². The summed E-state index contributed by atoms with van der Waals surface area (Å²) in [6.07, 6.45) is 1.61. The molecule has 4 rings (SSSR count). The molecule has 0 radical (unpaired) electrons. The van der Waals surface area contributed by atoms with E-state index < -0.39 is 5.82 Å². The number of carbonyl (C=O) groups excluding carboxylic acids is 1. The SMILES string of the molecule is COc1ccc(-c2ccnc(NCc3ccc(C(=O)Nc4ccccc4N)cc3)n2)cc1F. The van der Waals surface area contributed by atoms with Crippen LogP contribution in [0.4, 0.5) is 21.7 Å². The molecule has 33 heavy (non-hydrogen) atoms. The number of amides is 1. The van der Waals surface area contributed by atoms with E-state index in [1.165, 1.54) is 13.2 Å². The Balaban J connectivity index is 1.39. The number of methoxy groups -OCH3 is 1. The minimum atomic E-state index is -0.456. The largest absolute Gasteiger partial charge is 0.494 e. The number of anilines is 3. The van der Waals surface area contributed by atoms with Crippen molar-refractivity contribution >= 4 is 23.2 Å². The van der Waals surface area contributed by atoms with Gasteiger partial charge in [0.15, 0.2) is 11.6 Å². The molecule has 4 N–H and O–H groups in total. The van der Waals surface area contributed by atoms with E-state index in [4.69, 9.17) is 10.5 Å². The fraction of sp³-hybridized carbons (Fsp3) is 0.0800. The zero-order valence-corrected chi connectivity index (χ0v) is 17.9. The molecule has 8 heteroatoms. The van der Waals surface area contributed by atoms with Crippen molar-refractivity contribution in [2.75, 3.05) is 23.5 Å². The van der Waals surface area contributed by atoms with Gasteiger partial charge in [-0.15, -0.1) is 0 Å². The van der Waals surface area contributed by atoms with Crippen LogP contribution in [-0.2, 0) is 6.54 Å². The molecule has 0 fully saturated rings. The number of nitrogens with two attached hydrogens (primary N) is 1. The lowest BCUT2D eigenvalue weighted by atomic mass is 10.1. The van der Waals surface area contributed by atoms with Crippen molar-refractivity contribution in [2.24, 2.45) is 0 Å². The average molecular weight is 443 g/mol. The van der Waals surface area contributed by atoms with Crippen molar-refractivity contribution in [3.63, 3.8) is 0 Å². The highest BCUT2D eigenvalue weighted by molar-refractivity contribution is 6.05. The highest BCUT2D eigenvalue weighted by Gasteiger charge is 2.09. The van der Waals surface area contributed by atoms with Gasteiger partial charge in [0.2, 0.25) is 5.95 Å². The van der Waals surface area contributed by atoms with E-state index >= 15 is 0 Å². The first-order valence-corrected chi connectivity index (χ1v) is 10.2. The molecular weight excluding hydrogens is 421 g/mol. The quantitative estimate of drug-likeness (QED) is 0.357. The lowest BCUT2D eigenvalue weighted by Gasteiger charge is -2.10. The van der Waals surface area contributed by atoms with Crippen LogP contribution in [0.3, 0.4) is 0 Å². The molecule has 3 aromatic carbocycles. The van der Waals surface area contributed by atoms with Gasteiger partial charge in [0.05, 0.1) is 24.2 Å². The predicted molar refractivity (Wildman–Crippen MR) is 127 cm³/mol. The van der Waals surface area contributed by atoms with Crippen LogP contribution in [-0.4, -0.2) is 23.0 Å². The molecule has 0 aliphatic heterocycles. The molecule has 0 unspecified atom stereocenters. The summed E-state index contributed by atoms with van der Waals surface area (Å²) < 4.78 is 19.0. The second-order valence-corrected chi connectivity index (χ2v) is 7.21. The van der Waals surface area contributed by atoms with E-state index in [1.807, 2.05) is 24.3 Å². The minimum absolute atomic E-state index is 0.176. The lowest BCUT2D eigenvalue weighted by Crippen LogP contribution is -2.13. The van der Waals surface area contributed by atoms with Crippen LogP contribution < -0.4 is 21.1 Å². The summed E-state index contributed by atoms with van der Waals surface area (Å²) in [5, 5.41) is 5.95. The number of carbonyl (C=O) groups is 1. The van der Waals surface area contributed by atoms with E-state index in [9.17, 15) is 9.18 Å². The third-order valence-corrected chi connectivity index (χ3v) is 4.98. The van der Waals surface area contributed by atoms with Crippen molar-refractivity contribution in [1.29, 1.82) is 0 Å². The van der Waals surface area contributed by atoms with Gasteiger partial charge in [0.25, 0.3) is 5.91 Å². The summed E-state index contributed by atoms with van der Waals surface area (Å²) in [5.74, 6) is -0.113. The first kappa shape index (κ1) is 21.8. The van der Waals surface area contributed by atoms with Crippen molar-refractivity contribution in [2.45, 2.75) is 6.54 Å². The number of hydrogen-bond donors (Lipinski definition) is 3. The Morgan fingerprint density at radius 1 is 1.06 bits per heavy atom. The zero-order valence-electron chi connectivity index (χ0n) is 17.9. The molecule has 1 heterocycles. The van der Waals surface area contributed by atoms with Gasteiger partial charge in [-0.2, -0.15) is 0 Å². The summed E-state index contributed by atoms with van der Waals surface area (Å²) in [7, 11) is 1.42. The van der Waals surface area contributed by atoms with E-state index in [1.54, 1.807) is 48.7 Å². The van der Waals surface area contributed by atoms with Gasteiger partial charge in [-0.3, -0.25) is 4.79 Å². The minimum Gasteiger partial charge on any atom is -0.494 e. The first-order chi connectivity index (χ1) is 16.0. The van der Waals surface area contributed by atoms with E-state index in [2.05, 4.69) is 20.6 Å². The number of hydrogen-bond acceptors (Lipinski definition) is 6. The van der Waals surface area contributed by atoms with Crippen molar-refractivity contribution in [3.8, 4) is 17.0 Å². The molecule has 0 aliphatic carbocycles. The molecule has 0 atom stereocenters. The van der Waals surface area contributed by atoms with E-state index in [-0.39, 0.29) is 11.7 Å². The van der Waals surface area contributed by atoms with Crippen LogP contribution in [0.25, 0.3) is 11.3 Å². The number of nitrogens with one attached hydrogen (secondary N) is 2. The van der Waals surface area contributed by atoms with Crippen LogP contribution in [0.1, 0.15) is 15.9 Å². The topological polar surface area (TPSA) is 102 Å². The summed E-state index contributed by atoms with van der Waals surface area (Å²) in [6.45, 7) is 0.452. The molecule has 0 aliphatic rings. The Morgan fingerprint density at radius 2 is 1.85 bits per heavy atom. The Bertz CT molecular complexity index is 1280. The monoisotopic (exact) mass is 443 g/mol. The van der Waals surface area contributed by atoms with Crippen LogP contribution in [0, 0.1) is 5.82 Å². The summed E-state index contributed by atoms with van der Waals surface area (Å²) in [4.78, 5) is 21.1. The molecule has 166 valence electrons. The Morgan fingerprint density at radius 3 is 2.58 bits per heavy atom. The maximum atomic E-state index is 14.0. The van der Waals surface area contributed by atoms with Gasteiger partial charge >= 0.3 is 0 Å². The Hall–Kier alpha value is -4.46. The van der Waals surface area contributed by atoms with E-state index in [0.717, 1.165) is 5.56 Å². The molecule has 0 saturated carbocycles. The molecule has 0 spiro atoms. The molecule has 1 aromatic heterocycles. The molecular formula is C25H22FN5O2. The van der Waals surface area contributed by atoms with Gasteiger partial charge in [-0.1, -0.05) is 24.3 Å². The zero-order chi connectivity index (χ0) is 23.2. The van der Waals surface area contributed by atoms with Gasteiger partial charge in [-0.05, 0) is 54.1 Å². The molecule has 1 amide bonds. The van der Waals surface area contributed by atoms with Crippen LogP contribution in [0.15, 0.2) is 79.0 Å². The summed E-state index contributed by atoms with van der Waals surface area (Å²) >= 11 is 0. The first-order valence-electron chi connectivity index (χ1n) is 10.2. The fourth-order valence-electron chi connectivity index (χ4n) is 3.19. The smallest absolute Gasteiger partial charge is 0.255 e. The van der Waals surface area contributed by atoms with Gasteiger partial charge in [0, 0.05) is 23.9 Å². The maximum Gasteiger partial charge on any atom is 0.255 e. The van der Waals surface area contributed by atoms with Crippen molar-refractivity contribution < 1.29 is 13.9 Å². The second-order valence-electron chi connectivity index (χ2n) is 7.21. The number of aromatic nitrogens is 2. The van der Waals surface area contributed by atoms with Crippen molar-refractivity contribution in [3.05, 3.63) is 95.9 Å². The fourth-order valence-corrected chi connectivity index (χ4v) is 3.19. The number of benzene rings is 3. The highest BCUT2D eigenvalue weighted by atomic mass is 19.1. The van der Waals surface area contributed by atoms with Crippen molar-refractivity contribution in [1.82, 2.24) is 9.97 Å². The number of para-hydroxylation sites is 2. The third-order valence-electron chi connectivity index (χ3n) is 4.98. The van der Waals surface area contributed by atoms with E-state index in [0.29, 0.717) is 40.7 Å². The number of nitrogen functional groups attached to an aromatic ring is 1. The van der Waals surface area contributed by atoms with Gasteiger partial charge < -0.3 is 21.1 Å². The summed E-state index contributed by atoms with van der Waals surface area (Å²) in [5.41, 5.74) is 9.61. The van der Waals surface area contributed by atoms with Crippen LogP contribution in [0.5, 0.6) is 5.75 Å². The second kappa shape index (κ2) is 9.78. The molecule has 7 nitrogen and oxygen atoms in total. The molecule has 0 saturated heterocycles. The van der Waals surface area contributed by atoms with Gasteiger partial charge in [0.1, 0.15) is 0 Å². The molecule has 0 bridgehead atoms. The highest BCUT2D eigenvalue weighted by Crippen LogP contribution is 2.24. The average Bonchev–Trinajstić information content (AvgIpc) is 2.84.